The number of carboxylic acids is 2. The van der Waals surface area contributed by atoms with Gasteiger partial charge in [0.25, 0.3) is 0 Å². The fourth-order valence-electron chi connectivity index (χ4n) is 0.505. The molecule has 0 aliphatic carbocycles. The van der Waals surface area contributed by atoms with Crippen molar-refractivity contribution in [3.63, 3.8) is 0 Å². The SMILES string of the molecule is CC=C(SSSC(=CC)C(=O)O)C(=O)O. The summed E-state index contributed by atoms with van der Waals surface area (Å²) >= 11 is 0. The van der Waals surface area contributed by atoms with Crippen LogP contribution in [0.3, 0.4) is 0 Å². The van der Waals surface area contributed by atoms with E-state index in [-0.39, 0.29) is 9.81 Å². The van der Waals surface area contributed by atoms with Gasteiger partial charge in [-0.3, -0.25) is 0 Å². The van der Waals surface area contributed by atoms with Crippen molar-refractivity contribution < 1.29 is 19.8 Å². The molecule has 84 valence electrons. The predicted molar refractivity (Wildman–Crippen MR) is 65.6 cm³/mol. The molecule has 0 aliphatic rings. The predicted octanol–water partition coefficient (Wildman–Crippen LogP) is 2.99. The molecule has 0 atom stereocenters. The first-order valence-corrected chi connectivity index (χ1v) is 7.31. The molecule has 0 heterocycles. The van der Waals surface area contributed by atoms with E-state index in [9.17, 15) is 9.59 Å². The topological polar surface area (TPSA) is 74.6 Å². The second kappa shape index (κ2) is 7.72. The Hall–Kier alpha value is -0.530. The summed E-state index contributed by atoms with van der Waals surface area (Å²) in [4.78, 5) is 21.5. The molecule has 0 aromatic heterocycles. The molecule has 0 aromatic rings. The van der Waals surface area contributed by atoms with E-state index in [1.807, 2.05) is 0 Å². The maximum Gasteiger partial charge on any atom is 0.342 e. The van der Waals surface area contributed by atoms with Gasteiger partial charge in [0.15, 0.2) is 0 Å². The van der Waals surface area contributed by atoms with Crippen molar-refractivity contribution in [1.29, 1.82) is 0 Å². The number of carboxylic acid groups (broad SMARTS) is 2. The highest BCUT2D eigenvalue weighted by molar-refractivity contribution is 9.11. The zero-order valence-electron chi connectivity index (χ0n) is 8.09. The number of carbonyl (C=O) groups is 2. The molecule has 0 rings (SSSR count). The minimum absolute atomic E-state index is 0.188. The van der Waals surface area contributed by atoms with Crippen LogP contribution in [0.15, 0.2) is 22.0 Å². The summed E-state index contributed by atoms with van der Waals surface area (Å²) in [5.74, 6) is -2.01. The molecule has 0 amide bonds. The van der Waals surface area contributed by atoms with E-state index in [1.54, 1.807) is 13.8 Å². The van der Waals surface area contributed by atoms with Gasteiger partial charge in [-0.05, 0) is 45.3 Å². The minimum Gasteiger partial charge on any atom is -0.477 e. The summed E-state index contributed by atoms with van der Waals surface area (Å²) in [5.41, 5.74) is 0. The summed E-state index contributed by atoms with van der Waals surface area (Å²) in [6.45, 7) is 3.24. The van der Waals surface area contributed by atoms with Gasteiger partial charge in [-0.15, -0.1) is 0 Å². The fourth-order valence-corrected chi connectivity index (χ4v) is 4.19. The number of aliphatic carboxylic acids is 2. The van der Waals surface area contributed by atoms with Gasteiger partial charge >= 0.3 is 11.9 Å². The van der Waals surface area contributed by atoms with Crippen LogP contribution in [0.5, 0.6) is 0 Å². The third kappa shape index (κ3) is 5.81. The Labute approximate surface area is 99.0 Å². The molecule has 0 saturated carbocycles. The Morgan fingerprint density at radius 2 is 1.27 bits per heavy atom. The molecule has 0 aliphatic heterocycles. The summed E-state index contributed by atoms with van der Waals surface area (Å²) < 4.78 is 0. The standard InChI is InChI=1S/C8H10O4S3/c1-3-5(7(9)10)13-15-14-6(4-2)8(11)12/h3-4H,1-2H3,(H,9,10)(H,11,12). The van der Waals surface area contributed by atoms with Crippen molar-refractivity contribution in [2.45, 2.75) is 13.8 Å². The Kier molecular flexibility index (Phi) is 7.45. The maximum absolute atomic E-state index is 10.6. The van der Waals surface area contributed by atoms with Crippen molar-refractivity contribution >= 4 is 43.4 Å². The van der Waals surface area contributed by atoms with Crippen molar-refractivity contribution in [3.8, 4) is 0 Å². The largest absolute Gasteiger partial charge is 0.477 e. The first-order chi connectivity index (χ1) is 7.02. The molecule has 4 nitrogen and oxygen atoms in total. The van der Waals surface area contributed by atoms with E-state index < -0.39 is 11.9 Å². The van der Waals surface area contributed by atoms with Crippen molar-refractivity contribution in [2.75, 3.05) is 0 Å². The van der Waals surface area contributed by atoms with Gasteiger partial charge in [0, 0.05) is 0 Å². The van der Waals surface area contributed by atoms with Crippen LogP contribution in [-0.4, -0.2) is 22.2 Å². The summed E-state index contributed by atoms with van der Waals surface area (Å²) in [5, 5.41) is 17.3. The second-order valence-corrected chi connectivity index (χ2v) is 6.13. The smallest absolute Gasteiger partial charge is 0.342 e. The van der Waals surface area contributed by atoms with Gasteiger partial charge in [-0.1, -0.05) is 12.2 Å². The quantitative estimate of drug-likeness (QED) is 0.565. The van der Waals surface area contributed by atoms with Crippen LogP contribution in [0.1, 0.15) is 13.8 Å². The molecule has 0 saturated heterocycles. The zero-order valence-corrected chi connectivity index (χ0v) is 10.5. The van der Waals surface area contributed by atoms with Gasteiger partial charge in [0.05, 0.1) is 9.81 Å². The lowest BCUT2D eigenvalue weighted by atomic mass is 10.5. The molecular weight excluding hydrogens is 256 g/mol. The Balaban J connectivity index is 4.09. The summed E-state index contributed by atoms with van der Waals surface area (Å²) in [6.07, 6.45) is 2.94. The number of allylic oxidation sites excluding steroid dienone is 2. The van der Waals surface area contributed by atoms with E-state index >= 15 is 0 Å². The molecule has 15 heavy (non-hydrogen) atoms. The van der Waals surface area contributed by atoms with E-state index in [4.69, 9.17) is 10.2 Å². The van der Waals surface area contributed by atoms with Crippen molar-refractivity contribution in [2.24, 2.45) is 0 Å². The number of hydrogen-bond acceptors (Lipinski definition) is 5. The van der Waals surface area contributed by atoms with Crippen molar-refractivity contribution in [1.82, 2.24) is 0 Å². The van der Waals surface area contributed by atoms with Gasteiger partial charge in [-0.25, -0.2) is 9.59 Å². The van der Waals surface area contributed by atoms with Crippen molar-refractivity contribution in [3.05, 3.63) is 22.0 Å². The average Bonchev–Trinajstić information content (AvgIpc) is 2.17. The molecule has 0 radical (unpaired) electrons. The second-order valence-electron chi connectivity index (χ2n) is 2.15. The molecule has 0 bridgehead atoms. The van der Waals surface area contributed by atoms with E-state index in [0.29, 0.717) is 0 Å². The third-order valence-electron chi connectivity index (χ3n) is 1.19. The molecule has 0 unspecified atom stereocenters. The number of rotatable bonds is 6. The molecule has 0 fully saturated rings. The summed E-state index contributed by atoms with van der Waals surface area (Å²) in [6, 6.07) is 0. The molecular formula is C8H10O4S3. The fraction of sp³-hybridized carbons (Fsp3) is 0.250. The molecule has 0 aromatic carbocycles. The molecule has 7 heteroatoms. The van der Waals surface area contributed by atoms with Gasteiger partial charge < -0.3 is 10.2 Å². The highest BCUT2D eigenvalue weighted by Crippen LogP contribution is 2.43. The van der Waals surface area contributed by atoms with E-state index in [2.05, 4.69) is 0 Å². The lowest BCUT2D eigenvalue weighted by Crippen LogP contribution is -1.95. The third-order valence-corrected chi connectivity index (χ3v) is 5.22. The van der Waals surface area contributed by atoms with Gasteiger partial charge in [0.1, 0.15) is 0 Å². The first-order valence-electron chi connectivity index (χ1n) is 3.83. The zero-order chi connectivity index (χ0) is 11.8. The Bertz CT molecular complexity index is 279. The van der Waals surface area contributed by atoms with Crippen LogP contribution in [0.25, 0.3) is 0 Å². The van der Waals surface area contributed by atoms with E-state index in [1.165, 1.54) is 12.2 Å². The van der Waals surface area contributed by atoms with Crippen LogP contribution in [0.4, 0.5) is 0 Å². The van der Waals surface area contributed by atoms with Crippen LogP contribution < -0.4 is 0 Å². The highest BCUT2D eigenvalue weighted by atomic mass is 33.5. The Morgan fingerprint density at radius 3 is 1.47 bits per heavy atom. The lowest BCUT2D eigenvalue weighted by molar-refractivity contribution is -0.132. The average molecular weight is 266 g/mol. The van der Waals surface area contributed by atoms with Crippen LogP contribution in [0, 0.1) is 0 Å². The monoisotopic (exact) mass is 266 g/mol. The van der Waals surface area contributed by atoms with E-state index in [0.717, 1.165) is 31.4 Å². The molecule has 2 N–H and O–H groups in total. The van der Waals surface area contributed by atoms with Crippen LogP contribution in [0.2, 0.25) is 0 Å². The number of hydrogen-bond donors (Lipinski definition) is 2. The first kappa shape index (κ1) is 14.5. The van der Waals surface area contributed by atoms with Gasteiger partial charge in [-0.2, -0.15) is 0 Å². The highest BCUT2D eigenvalue weighted by Gasteiger charge is 2.11. The lowest BCUT2D eigenvalue weighted by Gasteiger charge is -2.00. The van der Waals surface area contributed by atoms with Gasteiger partial charge in [0.2, 0.25) is 0 Å². The minimum atomic E-state index is -1.01. The summed E-state index contributed by atoms with van der Waals surface area (Å²) in [7, 11) is 3.17. The normalized spacial score (nSPS) is 12.7. The Morgan fingerprint density at radius 1 is 0.933 bits per heavy atom. The van der Waals surface area contributed by atoms with Crippen LogP contribution in [-0.2, 0) is 9.59 Å². The van der Waals surface area contributed by atoms with Crippen LogP contribution >= 0.6 is 31.4 Å². The molecule has 0 spiro atoms. The maximum atomic E-state index is 10.6.